The molecule has 0 aromatic heterocycles. The second-order valence-corrected chi connectivity index (χ2v) is 9.42. The number of amides is 3. The van der Waals surface area contributed by atoms with Crippen LogP contribution < -0.4 is 0 Å². The molecule has 1 N–H and O–H groups in total. The van der Waals surface area contributed by atoms with E-state index < -0.39 is 68.0 Å². The van der Waals surface area contributed by atoms with E-state index >= 15 is 0 Å². The van der Waals surface area contributed by atoms with Crippen LogP contribution in [0.25, 0.3) is 0 Å². The van der Waals surface area contributed by atoms with Crippen LogP contribution in [0.4, 0.5) is 5.69 Å². The van der Waals surface area contributed by atoms with Crippen molar-refractivity contribution in [3.05, 3.63) is 86.8 Å². The molecular formula is C22H15N3O9S. The van der Waals surface area contributed by atoms with Crippen LogP contribution in [-0.2, 0) is 31.7 Å². The molecule has 5 rings (SSSR count). The SMILES string of the molecule is O=C(OCc1ccc([N+](=O)[O-])cc1)C1=C(O)CS(=O)[C@H]2C(N3C(=O)c4ccccc4C3=O)C(=O)N12. The Kier molecular flexibility index (Phi) is 5.20. The maximum absolute atomic E-state index is 13.0. The molecule has 0 bridgehead atoms. The molecule has 2 aromatic rings. The molecule has 0 spiro atoms. The number of non-ortho nitro benzene ring substituents is 1. The van der Waals surface area contributed by atoms with Gasteiger partial charge < -0.3 is 9.84 Å². The Hall–Kier alpha value is -4.39. The minimum Gasteiger partial charge on any atom is -0.509 e. The highest BCUT2D eigenvalue weighted by Crippen LogP contribution is 2.40. The molecule has 3 aliphatic rings. The maximum atomic E-state index is 13.0. The Morgan fingerprint density at radius 1 is 1.06 bits per heavy atom. The average Bonchev–Trinajstić information content (AvgIpc) is 3.08. The lowest BCUT2D eigenvalue weighted by Gasteiger charge is -2.50. The molecule has 0 radical (unpaired) electrons. The van der Waals surface area contributed by atoms with Gasteiger partial charge in [-0.25, -0.2) is 4.79 Å². The number of nitrogens with zero attached hydrogens (tertiary/aromatic N) is 3. The van der Waals surface area contributed by atoms with Crippen molar-refractivity contribution in [1.82, 2.24) is 9.80 Å². The number of aliphatic hydroxyl groups is 1. The third-order valence-corrected chi connectivity index (χ3v) is 7.46. The van der Waals surface area contributed by atoms with Gasteiger partial charge in [0.15, 0.2) is 11.7 Å². The van der Waals surface area contributed by atoms with Gasteiger partial charge in [-0.2, -0.15) is 0 Å². The summed E-state index contributed by atoms with van der Waals surface area (Å²) in [6.45, 7) is -0.314. The predicted octanol–water partition coefficient (Wildman–Crippen LogP) is 1.00. The summed E-state index contributed by atoms with van der Waals surface area (Å²) >= 11 is 0. The first-order chi connectivity index (χ1) is 16.7. The molecule has 35 heavy (non-hydrogen) atoms. The zero-order valence-electron chi connectivity index (χ0n) is 17.7. The van der Waals surface area contributed by atoms with Crippen molar-refractivity contribution < 1.29 is 38.2 Å². The normalized spacial score (nSPS) is 23.1. The Morgan fingerprint density at radius 3 is 2.23 bits per heavy atom. The van der Waals surface area contributed by atoms with Crippen molar-refractivity contribution in [3.63, 3.8) is 0 Å². The smallest absolute Gasteiger partial charge is 0.358 e. The van der Waals surface area contributed by atoms with Crippen LogP contribution in [0.5, 0.6) is 0 Å². The number of aliphatic hydroxyl groups excluding tert-OH is 1. The van der Waals surface area contributed by atoms with E-state index in [0.717, 1.165) is 9.80 Å². The summed E-state index contributed by atoms with van der Waals surface area (Å²) in [6, 6.07) is 9.85. The molecule has 12 nitrogen and oxygen atoms in total. The molecule has 3 atom stereocenters. The first-order valence-corrected chi connectivity index (χ1v) is 11.6. The largest absolute Gasteiger partial charge is 0.509 e. The first-order valence-electron chi connectivity index (χ1n) is 10.2. The van der Waals surface area contributed by atoms with Gasteiger partial charge in [-0.3, -0.25) is 38.5 Å². The quantitative estimate of drug-likeness (QED) is 0.209. The number of benzene rings is 2. The van der Waals surface area contributed by atoms with Crippen molar-refractivity contribution in [2.24, 2.45) is 0 Å². The van der Waals surface area contributed by atoms with Crippen LogP contribution in [0.1, 0.15) is 26.3 Å². The van der Waals surface area contributed by atoms with E-state index in [4.69, 9.17) is 4.74 Å². The summed E-state index contributed by atoms with van der Waals surface area (Å²) < 4.78 is 17.9. The van der Waals surface area contributed by atoms with Crippen molar-refractivity contribution in [2.75, 3.05) is 5.75 Å². The number of esters is 1. The maximum Gasteiger partial charge on any atom is 0.358 e. The summed E-state index contributed by atoms with van der Waals surface area (Å²) in [7, 11) is -1.91. The molecule has 2 unspecified atom stereocenters. The molecule has 0 aliphatic carbocycles. The fourth-order valence-electron chi connectivity index (χ4n) is 4.22. The van der Waals surface area contributed by atoms with E-state index in [9.17, 15) is 38.6 Å². The number of hydrogen-bond donors (Lipinski definition) is 1. The summed E-state index contributed by atoms with van der Waals surface area (Å²) in [5, 5.41) is 19.8. The van der Waals surface area contributed by atoms with Gasteiger partial charge in [-0.15, -0.1) is 0 Å². The summed E-state index contributed by atoms with van der Waals surface area (Å²) in [5.41, 5.74) is -0.0190. The molecule has 1 saturated heterocycles. The third-order valence-electron chi connectivity index (χ3n) is 5.89. The van der Waals surface area contributed by atoms with Gasteiger partial charge in [0.2, 0.25) is 0 Å². The van der Waals surface area contributed by atoms with Gasteiger partial charge in [-0.1, -0.05) is 12.1 Å². The molecule has 2 aromatic carbocycles. The highest BCUT2D eigenvalue weighted by Gasteiger charge is 2.62. The van der Waals surface area contributed by atoms with E-state index in [1.165, 1.54) is 36.4 Å². The molecule has 1 fully saturated rings. The Balaban J connectivity index is 1.36. The van der Waals surface area contributed by atoms with Crippen LogP contribution in [-0.4, -0.2) is 64.9 Å². The van der Waals surface area contributed by atoms with E-state index in [1.54, 1.807) is 12.1 Å². The number of β-lactam (4-membered cyclic amide) rings is 1. The molecule has 0 saturated carbocycles. The molecule has 178 valence electrons. The van der Waals surface area contributed by atoms with Gasteiger partial charge >= 0.3 is 5.97 Å². The number of nitro benzene ring substituents is 1. The van der Waals surface area contributed by atoms with Gasteiger partial charge in [0, 0.05) is 12.1 Å². The lowest BCUT2D eigenvalue weighted by molar-refractivity contribution is -0.384. The zero-order valence-corrected chi connectivity index (χ0v) is 18.5. The minimum absolute atomic E-state index is 0.117. The van der Waals surface area contributed by atoms with Gasteiger partial charge in [0.05, 0.1) is 32.6 Å². The molecule has 3 heterocycles. The second-order valence-electron chi connectivity index (χ2n) is 7.89. The number of ether oxygens (including phenoxy) is 1. The van der Waals surface area contributed by atoms with Crippen LogP contribution >= 0.6 is 0 Å². The highest BCUT2D eigenvalue weighted by atomic mass is 32.2. The van der Waals surface area contributed by atoms with Crippen molar-refractivity contribution in [2.45, 2.75) is 18.0 Å². The highest BCUT2D eigenvalue weighted by molar-refractivity contribution is 7.86. The van der Waals surface area contributed by atoms with Crippen molar-refractivity contribution >= 4 is 40.2 Å². The lowest BCUT2D eigenvalue weighted by atomic mass is 10.0. The Morgan fingerprint density at radius 2 is 1.66 bits per heavy atom. The standard InChI is InChI=1S/C22H15N3O9S/c26-15-10-35(33)21-17(23-18(27)13-3-1-2-4-14(13)19(23)28)20(29)24(21)16(15)22(30)34-9-11-5-7-12(8-6-11)25(31)32/h1-8,17,21,26H,9-10H2/t17?,21-,35?/m0/s1. The van der Waals surface area contributed by atoms with E-state index in [-0.39, 0.29) is 23.4 Å². The summed E-state index contributed by atoms with van der Waals surface area (Å²) in [6.07, 6.45) is 0. The van der Waals surface area contributed by atoms with Crippen molar-refractivity contribution in [3.8, 4) is 0 Å². The van der Waals surface area contributed by atoms with E-state index in [1.807, 2.05) is 0 Å². The van der Waals surface area contributed by atoms with Crippen molar-refractivity contribution in [1.29, 1.82) is 0 Å². The van der Waals surface area contributed by atoms with E-state index in [0.29, 0.717) is 5.56 Å². The second kappa shape index (κ2) is 8.13. The van der Waals surface area contributed by atoms with Crippen LogP contribution in [0, 0.1) is 10.1 Å². The molecule has 3 amide bonds. The number of carbonyl (C=O) groups is 4. The molecule has 13 heteroatoms. The van der Waals surface area contributed by atoms with Gasteiger partial charge in [0.25, 0.3) is 23.4 Å². The Bertz CT molecular complexity index is 1350. The van der Waals surface area contributed by atoms with Gasteiger partial charge in [0.1, 0.15) is 17.7 Å². The number of nitro groups is 1. The number of imide groups is 1. The minimum atomic E-state index is -1.91. The van der Waals surface area contributed by atoms with E-state index in [2.05, 4.69) is 0 Å². The zero-order chi connectivity index (χ0) is 25.0. The van der Waals surface area contributed by atoms with Gasteiger partial charge in [-0.05, 0) is 29.8 Å². The molecule has 3 aliphatic heterocycles. The number of rotatable bonds is 5. The van der Waals surface area contributed by atoms with Crippen LogP contribution in [0.15, 0.2) is 60.0 Å². The summed E-state index contributed by atoms with van der Waals surface area (Å²) in [5.74, 6) is -4.45. The summed E-state index contributed by atoms with van der Waals surface area (Å²) in [4.78, 5) is 63.1. The molecular weight excluding hydrogens is 482 g/mol. The average molecular weight is 497 g/mol. The topological polar surface area (TPSA) is 164 Å². The number of fused-ring (bicyclic) bond motifs is 2. The predicted molar refractivity (Wildman–Crippen MR) is 117 cm³/mol. The first kappa shape index (κ1) is 22.4. The Labute approximate surface area is 199 Å². The fraction of sp³-hybridized carbons (Fsp3) is 0.182. The fourth-order valence-corrected chi connectivity index (χ4v) is 5.77. The van der Waals surface area contributed by atoms with Crippen LogP contribution in [0.3, 0.4) is 0 Å². The monoisotopic (exact) mass is 497 g/mol. The number of carbonyl (C=O) groups excluding carboxylic acids is 4. The number of hydrogen-bond acceptors (Lipinski definition) is 9. The van der Waals surface area contributed by atoms with Crippen LogP contribution in [0.2, 0.25) is 0 Å². The lowest BCUT2D eigenvalue weighted by Crippen LogP contribution is -2.74. The third kappa shape index (κ3) is 3.39.